The summed E-state index contributed by atoms with van der Waals surface area (Å²) < 4.78 is 11.2. The molecule has 0 heterocycles. The molecule has 0 aromatic heterocycles. The molecule has 2 unspecified atom stereocenters. The topological polar surface area (TPSA) is 30.5 Å². The molecule has 0 amide bonds. The average molecular weight is 269 g/mol. The summed E-state index contributed by atoms with van der Waals surface area (Å²) in [4.78, 5) is 0. The molecule has 0 fully saturated rings. The minimum absolute atomic E-state index is 0.342. The van der Waals surface area contributed by atoms with Crippen molar-refractivity contribution in [1.82, 2.24) is 5.32 Å². The predicted octanol–water partition coefficient (Wildman–Crippen LogP) is 3.01. The van der Waals surface area contributed by atoms with E-state index in [-0.39, 0.29) is 0 Å². The van der Waals surface area contributed by atoms with Crippen molar-refractivity contribution < 1.29 is 9.47 Å². The lowest BCUT2D eigenvalue weighted by Crippen LogP contribution is -2.25. The Balaban J connectivity index is 1.84. The second-order valence-electron chi connectivity index (χ2n) is 5.78. The van der Waals surface area contributed by atoms with Gasteiger partial charge in [0.1, 0.15) is 0 Å². The summed E-state index contributed by atoms with van der Waals surface area (Å²) in [6.07, 6.45) is 8.39. The molecule has 19 heavy (non-hydrogen) atoms. The zero-order chi connectivity index (χ0) is 13.9. The lowest BCUT2D eigenvalue weighted by molar-refractivity contribution is 0.0727. The largest absolute Gasteiger partial charge is 0.380 e. The van der Waals surface area contributed by atoms with Crippen LogP contribution in [0.2, 0.25) is 0 Å². The maximum Gasteiger partial charge on any atom is 0.0591 e. The van der Waals surface area contributed by atoms with Crippen molar-refractivity contribution in [2.24, 2.45) is 11.8 Å². The van der Waals surface area contributed by atoms with Crippen molar-refractivity contribution in [2.45, 2.75) is 46.1 Å². The van der Waals surface area contributed by atoms with E-state index in [1.165, 1.54) is 12.8 Å². The monoisotopic (exact) mass is 269 g/mol. The van der Waals surface area contributed by atoms with E-state index >= 15 is 0 Å². The number of rotatable bonds is 10. The van der Waals surface area contributed by atoms with Gasteiger partial charge in [-0.25, -0.2) is 0 Å². The molecule has 0 saturated carbocycles. The van der Waals surface area contributed by atoms with Crippen LogP contribution < -0.4 is 5.32 Å². The van der Waals surface area contributed by atoms with E-state index in [0.717, 1.165) is 45.2 Å². The van der Waals surface area contributed by atoms with Gasteiger partial charge in [0, 0.05) is 13.2 Å². The molecule has 0 spiro atoms. The van der Waals surface area contributed by atoms with Crippen LogP contribution in [0, 0.1) is 11.8 Å². The van der Waals surface area contributed by atoms with Crippen LogP contribution in [0.5, 0.6) is 0 Å². The third kappa shape index (κ3) is 8.40. The molecule has 1 N–H and O–H groups in total. The average Bonchev–Trinajstić information content (AvgIpc) is 2.38. The van der Waals surface area contributed by atoms with Gasteiger partial charge in [-0.3, -0.25) is 0 Å². The number of ether oxygens (including phenoxy) is 2. The lowest BCUT2D eigenvalue weighted by Gasteiger charge is -2.24. The molecular formula is C16H31NO2. The fourth-order valence-electron chi connectivity index (χ4n) is 2.26. The van der Waals surface area contributed by atoms with E-state index in [9.17, 15) is 0 Å². The summed E-state index contributed by atoms with van der Waals surface area (Å²) in [7, 11) is 0. The maximum absolute atomic E-state index is 5.76. The molecular weight excluding hydrogens is 238 g/mol. The van der Waals surface area contributed by atoms with Crippen LogP contribution in [-0.4, -0.2) is 39.0 Å². The van der Waals surface area contributed by atoms with Crippen molar-refractivity contribution in [3.05, 3.63) is 12.2 Å². The molecule has 0 radical (unpaired) electrons. The van der Waals surface area contributed by atoms with Crippen molar-refractivity contribution in [2.75, 3.05) is 32.9 Å². The molecule has 112 valence electrons. The van der Waals surface area contributed by atoms with Crippen molar-refractivity contribution in [3.63, 3.8) is 0 Å². The third-order valence-electron chi connectivity index (χ3n) is 3.62. The van der Waals surface area contributed by atoms with Gasteiger partial charge in [0.2, 0.25) is 0 Å². The zero-order valence-corrected chi connectivity index (χ0v) is 12.9. The fourth-order valence-corrected chi connectivity index (χ4v) is 2.26. The lowest BCUT2D eigenvalue weighted by atomic mass is 9.85. The van der Waals surface area contributed by atoms with Gasteiger partial charge in [-0.2, -0.15) is 0 Å². The van der Waals surface area contributed by atoms with Crippen molar-refractivity contribution in [3.8, 4) is 0 Å². The van der Waals surface area contributed by atoms with Crippen LogP contribution in [0.15, 0.2) is 12.2 Å². The molecule has 0 aromatic carbocycles. The molecule has 1 aliphatic carbocycles. The van der Waals surface area contributed by atoms with Crippen molar-refractivity contribution >= 4 is 0 Å². The molecule has 0 aromatic rings. The first-order valence-electron chi connectivity index (χ1n) is 7.75. The minimum atomic E-state index is 0.342. The van der Waals surface area contributed by atoms with Gasteiger partial charge in [0.25, 0.3) is 0 Å². The van der Waals surface area contributed by atoms with Crippen LogP contribution in [0.25, 0.3) is 0 Å². The number of hydrogen-bond acceptors (Lipinski definition) is 3. The van der Waals surface area contributed by atoms with Gasteiger partial charge in [0.05, 0.1) is 19.3 Å². The normalized spacial score (nSPS) is 23.2. The number of hydrogen-bond donors (Lipinski definition) is 1. The highest BCUT2D eigenvalue weighted by molar-refractivity contribution is 4.93. The number of allylic oxidation sites excluding steroid dienone is 2. The Bertz CT molecular complexity index is 241. The summed E-state index contributed by atoms with van der Waals surface area (Å²) in [6.45, 7) is 11.0. The Hall–Kier alpha value is -0.380. The predicted molar refractivity (Wildman–Crippen MR) is 80.4 cm³/mol. The Morgan fingerprint density at radius 1 is 1.16 bits per heavy atom. The molecule has 1 aliphatic rings. The molecule has 3 heteroatoms. The second-order valence-corrected chi connectivity index (χ2v) is 5.78. The van der Waals surface area contributed by atoms with E-state index < -0.39 is 0 Å². The van der Waals surface area contributed by atoms with Gasteiger partial charge in [0.15, 0.2) is 0 Å². The third-order valence-corrected chi connectivity index (χ3v) is 3.62. The van der Waals surface area contributed by atoms with Crippen LogP contribution in [0.4, 0.5) is 0 Å². The van der Waals surface area contributed by atoms with Gasteiger partial charge in [-0.1, -0.05) is 19.1 Å². The molecule has 1 rings (SSSR count). The molecule has 2 atom stereocenters. The number of nitrogens with one attached hydrogen (secondary N) is 1. The smallest absolute Gasteiger partial charge is 0.0591 e. The Morgan fingerprint density at radius 3 is 2.68 bits per heavy atom. The minimum Gasteiger partial charge on any atom is -0.380 e. The standard InChI is InChI=1S/C16H31NO2/c1-14(2)19-11-6-9-17-10-12-18-13-16-8-5-4-7-15(16)3/h4-5,14-17H,6-13H2,1-3H3. The summed E-state index contributed by atoms with van der Waals surface area (Å²) in [6, 6.07) is 0. The first kappa shape index (κ1) is 16.7. The first-order valence-corrected chi connectivity index (χ1v) is 7.75. The van der Waals surface area contributed by atoms with Crippen LogP contribution >= 0.6 is 0 Å². The van der Waals surface area contributed by atoms with E-state index in [2.05, 4.69) is 38.2 Å². The van der Waals surface area contributed by atoms with E-state index in [4.69, 9.17) is 9.47 Å². The van der Waals surface area contributed by atoms with Crippen LogP contribution in [0.1, 0.15) is 40.0 Å². The Kier molecular flexibility index (Phi) is 9.14. The summed E-state index contributed by atoms with van der Waals surface area (Å²) in [5.41, 5.74) is 0. The highest BCUT2D eigenvalue weighted by Gasteiger charge is 2.17. The quantitative estimate of drug-likeness (QED) is 0.488. The van der Waals surface area contributed by atoms with Gasteiger partial charge >= 0.3 is 0 Å². The first-order chi connectivity index (χ1) is 9.20. The summed E-state index contributed by atoms with van der Waals surface area (Å²) in [5.74, 6) is 1.48. The Morgan fingerprint density at radius 2 is 1.95 bits per heavy atom. The Labute approximate surface area is 118 Å². The van der Waals surface area contributed by atoms with Gasteiger partial charge in [-0.15, -0.1) is 0 Å². The van der Waals surface area contributed by atoms with E-state index in [1.54, 1.807) is 0 Å². The van der Waals surface area contributed by atoms with Crippen LogP contribution in [0.3, 0.4) is 0 Å². The fraction of sp³-hybridized carbons (Fsp3) is 0.875. The second kappa shape index (κ2) is 10.4. The van der Waals surface area contributed by atoms with Gasteiger partial charge < -0.3 is 14.8 Å². The van der Waals surface area contributed by atoms with Crippen LogP contribution in [-0.2, 0) is 9.47 Å². The highest BCUT2D eigenvalue weighted by Crippen LogP contribution is 2.24. The molecule has 3 nitrogen and oxygen atoms in total. The van der Waals surface area contributed by atoms with Gasteiger partial charge in [-0.05, 0) is 51.5 Å². The van der Waals surface area contributed by atoms with E-state index in [0.29, 0.717) is 12.0 Å². The van der Waals surface area contributed by atoms with Crippen molar-refractivity contribution in [1.29, 1.82) is 0 Å². The SMILES string of the molecule is CC(C)OCCCNCCOCC1CC=CCC1C. The molecule has 0 aliphatic heterocycles. The van der Waals surface area contributed by atoms with E-state index in [1.807, 2.05) is 0 Å². The summed E-state index contributed by atoms with van der Waals surface area (Å²) >= 11 is 0. The molecule has 0 saturated heterocycles. The summed E-state index contributed by atoms with van der Waals surface area (Å²) in [5, 5.41) is 3.39. The zero-order valence-electron chi connectivity index (χ0n) is 12.9. The molecule has 0 bridgehead atoms. The maximum atomic E-state index is 5.76. The highest BCUT2D eigenvalue weighted by atomic mass is 16.5.